The van der Waals surface area contributed by atoms with Crippen molar-refractivity contribution in [2.24, 2.45) is 0 Å². The van der Waals surface area contributed by atoms with E-state index in [-0.39, 0.29) is 24.4 Å². The van der Waals surface area contributed by atoms with Crippen LogP contribution in [-0.2, 0) is 9.59 Å². The number of nitrogens with one attached hydrogen (secondary N) is 1. The highest BCUT2D eigenvalue weighted by molar-refractivity contribution is 5.86. The summed E-state index contributed by atoms with van der Waals surface area (Å²) < 4.78 is 0. The van der Waals surface area contributed by atoms with Crippen molar-refractivity contribution in [1.29, 1.82) is 0 Å². The monoisotopic (exact) mass is 295 g/mol. The Labute approximate surface area is 128 Å². The smallest absolute Gasteiger partial charge is 0.239 e. The van der Waals surface area contributed by atoms with Gasteiger partial charge in [0.05, 0.1) is 6.54 Å². The minimum Gasteiger partial charge on any atom is -0.353 e. The summed E-state index contributed by atoms with van der Waals surface area (Å²) in [5.74, 6) is 0.0744. The second-order valence-electron chi connectivity index (χ2n) is 6.63. The van der Waals surface area contributed by atoms with Gasteiger partial charge < -0.3 is 10.2 Å². The molecular formula is C16H29N3O2. The van der Waals surface area contributed by atoms with E-state index < -0.39 is 0 Å². The zero-order valence-corrected chi connectivity index (χ0v) is 13.6. The zero-order valence-electron chi connectivity index (χ0n) is 13.6. The second-order valence-corrected chi connectivity index (χ2v) is 6.63. The first-order chi connectivity index (χ1) is 9.99. The Kier molecular flexibility index (Phi) is 5.62. The normalized spacial score (nSPS) is 30.7. The van der Waals surface area contributed by atoms with Gasteiger partial charge in [-0.25, -0.2) is 0 Å². The lowest BCUT2D eigenvalue weighted by Crippen LogP contribution is -2.48. The maximum absolute atomic E-state index is 12.0. The van der Waals surface area contributed by atoms with E-state index in [1.165, 1.54) is 19.3 Å². The molecule has 2 fully saturated rings. The van der Waals surface area contributed by atoms with Crippen molar-refractivity contribution in [1.82, 2.24) is 15.1 Å². The molecule has 0 aliphatic carbocycles. The minimum atomic E-state index is -0.0329. The van der Waals surface area contributed by atoms with Crippen molar-refractivity contribution >= 4 is 11.8 Å². The van der Waals surface area contributed by atoms with Gasteiger partial charge in [-0.05, 0) is 40.0 Å². The first kappa shape index (κ1) is 16.3. The van der Waals surface area contributed by atoms with Crippen LogP contribution in [0.25, 0.3) is 0 Å². The summed E-state index contributed by atoms with van der Waals surface area (Å²) in [5, 5.41) is 2.96. The molecule has 0 spiro atoms. The topological polar surface area (TPSA) is 52.7 Å². The van der Waals surface area contributed by atoms with Crippen molar-refractivity contribution in [3.8, 4) is 0 Å². The van der Waals surface area contributed by atoms with E-state index in [9.17, 15) is 9.59 Å². The van der Waals surface area contributed by atoms with E-state index in [1.54, 1.807) is 4.90 Å². The van der Waals surface area contributed by atoms with Crippen LogP contribution < -0.4 is 5.32 Å². The van der Waals surface area contributed by atoms with Crippen LogP contribution in [0.15, 0.2) is 0 Å². The fourth-order valence-electron chi connectivity index (χ4n) is 3.57. The third kappa shape index (κ3) is 4.19. The molecule has 0 aromatic carbocycles. The first-order valence-electron chi connectivity index (χ1n) is 8.31. The average molecular weight is 295 g/mol. The molecule has 2 aliphatic rings. The van der Waals surface area contributed by atoms with Gasteiger partial charge in [-0.2, -0.15) is 0 Å². The molecule has 0 bridgehead atoms. The van der Waals surface area contributed by atoms with E-state index in [4.69, 9.17) is 0 Å². The molecule has 0 radical (unpaired) electrons. The summed E-state index contributed by atoms with van der Waals surface area (Å²) in [6, 6.07) is 1.40. The lowest BCUT2D eigenvalue weighted by atomic mass is 9.98. The van der Waals surface area contributed by atoms with Crippen LogP contribution >= 0.6 is 0 Å². The molecule has 0 saturated carbocycles. The molecule has 5 heteroatoms. The number of hydrogen-bond donors (Lipinski definition) is 1. The van der Waals surface area contributed by atoms with Crippen molar-refractivity contribution < 1.29 is 9.59 Å². The maximum atomic E-state index is 12.0. The summed E-state index contributed by atoms with van der Waals surface area (Å²) in [6.45, 7) is 8.33. The Morgan fingerprint density at radius 2 is 1.81 bits per heavy atom. The third-order valence-electron chi connectivity index (χ3n) is 5.01. The third-order valence-corrected chi connectivity index (χ3v) is 5.01. The number of likely N-dealkylation sites (tertiary alicyclic amines) is 2. The highest BCUT2D eigenvalue weighted by Crippen LogP contribution is 2.21. The number of carbonyl (C=O) groups excluding carboxylic acids is 2. The summed E-state index contributed by atoms with van der Waals surface area (Å²) in [5.41, 5.74) is 0. The van der Waals surface area contributed by atoms with Crippen LogP contribution in [0.3, 0.4) is 0 Å². The van der Waals surface area contributed by atoms with E-state index in [0.29, 0.717) is 25.0 Å². The van der Waals surface area contributed by atoms with Crippen molar-refractivity contribution in [2.45, 2.75) is 71.0 Å². The molecule has 2 aliphatic heterocycles. The maximum Gasteiger partial charge on any atom is 0.239 e. The van der Waals surface area contributed by atoms with E-state index in [2.05, 4.69) is 24.1 Å². The van der Waals surface area contributed by atoms with Gasteiger partial charge >= 0.3 is 0 Å². The van der Waals surface area contributed by atoms with Crippen molar-refractivity contribution in [3.63, 3.8) is 0 Å². The fraction of sp³-hybridized carbons (Fsp3) is 0.875. The Bertz CT molecular complexity index is 376. The molecule has 2 rings (SSSR count). The highest BCUT2D eigenvalue weighted by Gasteiger charge is 2.29. The molecule has 2 saturated heterocycles. The van der Waals surface area contributed by atoms with E-state index in [1.807, 2.05) is 6.92 Å². The van der Waals surface area contributed by atoms with E-state index >= 15 is 0 Å². The predicted octanol–water partition coefficient (Wildman–Crippen LogP) is 1.38. The van der Waals surface area contributed by atoms with Gasteiger partial charge in [-0.3, -0.25) is 14.5 Å². The van der Waals surface area contributed by atoms with Crippen molar-refractivity contribution in [2.75, 3.05) is 19.6 Å². The number of piperidine rings is 1. The summed E-state index contributed by atoms with van der Waals surface area (Å²) in [6.07, 6.45) is 5.25. The summed E-state index contributed by atoms with van der Waals surface area (Å²) in [7, 11) is 0. The molecule has 0 aromatic rings. The highest BCUT2D eigenvalue weighted by atomic mass is 16.2. The molecule has 120 valence electrons. The molecule has 3 atom stereocenters. The Morgan fingerprint density at radius 3 is 2.38 bits per heavy atom. The zero-order chi connectivity index (χ0) is 15.4. The lowest BCUT2D eigenvalue weighted by molar-refractivity contribution is -0.134. The average Bonchev–Trinajstić information content (AvgIpc) is 2.74. The van der Waals surface area contributed by atoms with Gasteiger partial charge in [0.25, 0.3) is 0 Å². The van der Waals surface area contributed by atoms with Crippen LogP contribution in [-0.4, -0.2) is 59.4 Å². The number of hydrogen-bond acceptors (Lipinski definition) is 3. The number of rotatable bonds is 5. The fourth-order valence-corrected chi connectivity index (χ4v) is 3.57. The van der Waals surface area contributed by atoms with Gasteiger partial charge in [0, 0.05) is 37.6 Å². The number of nitrogens with zero attached hydrogens (tertiary/aromatic N) is 2. The molecule has 1 N–H and O–H groups in total. The quantitative estimate of drug-likeness (QED) is 0.833. The van der Waals surface area contributed by atoms with Crippen LogP contribution in [0.1, 0.15) is 52.9 Å². The Morgan fingerprint density at radius 1 is 1.14 bits per heavy atom. The molecule has 2 amide bonds. The Hall–Kier alpha value is -1.10. The molecule has 2 heterocycles. The largest absolute Gasteiger partial charge is 0.353 e. The lowest BCUT2D eigenvalue weighted by Gasteiger charge is -2.39. The molecule has 5 nitrogen and oxygen atoms in total. The van der Waals surface area contributed by atoms with Gasteiger partial charge in [0.2, 0.25) is 11.8 Å². The molecular weight excluding hydrogens is 266 g/mol. The summed E-state index contributed by atoms with van der Waals surface area (Å²) in [4.78, 5) is 27.8. The van der Waals surface area contributed by atoms with Gasteiger partial charge in [-0.1, -0.05) is 6.42 Å². The van der Waals surface area contributed by atoms with Gasteiger partial charge in [0.15, 0.2) is 0 Å². The van der Waals surface area contributed by atoms with Gasteiger partial charge in [0.1, 0.15) is 0 Å². The first-order valence-corrected chi connectivity index (χ1v) is 8.31. The number of amides is 2. The van der Waals surface area contributed by atoms with Crippen molar-refractivity contribution in [3.05, 3.63) is 0 Å². The standard InChI is InChI=1S/C16H29N3O2/c1-12-5-4-6-13(2)18(12)10-9-17-15(20)11-19-14(3)7-8-16(19)21/h12-14H,4-11H2,1-3H3,(H,17,20)/t12-,13+,14?. The number of carbonyl (C=O) groups is 2. The second kappa shape index (κ2) is 7.25. The Balaban J connectivity index is 1.70. The van der Waals surface area contributed by atoms with Crippen LogP contribution in [0.2, 0.25) is 0 Å². The van der Waals surface area contributed by atoms with Gasteiger partial charge in [-0.15, -0.1) is 0 Å². The predicted molar refractivity (Wildman–Crippen MR) is 82.9 cm³/mol. The van der Waals surface area contributed by atoms with Crippen LogP contribution in [0.4, 0.5) is 0 Å². The van der Waals surface area contributed by atoms with E-state index in [0.717, 1.165) is 13.0 Å². The summed E-state index contributed by atoms with van der Waals surface area (Å²) >= 11 is 0. The molecule has 1 unspecified atom stereocenters. The molecule has 21 heavy (non-hydrogen) atoms. The minimum absolute atomic E-state index is 0.0329. The SMILES string of the molecule is CC1CCC(=O)N1CC(=O)NCCN1[C@H](C)CCC[C@@H]1C. The van der Waals surface area contributed by atoms with Crippen LogP contribution in [0.5, 0.6) is 0 Å². The van der Waals surface area contributed by atoms with Crippen LogP contribution in [0, 0.1) is 0 Å². The molecule has 0 aromatic heterocycles.